The van der Waals surface area contributed by atoms with Crippen molar-refractivity contribution in [2.75, 3.05) is 5.32 Å². The van der Waals surface area contributed by atoms with Crippen molar-refractivity contribution in [2.24, 2.45) is 0 Å². The van der Waals surface area contributed by atoms with Crippen molar-refractivity contribution >= 4 is 17.4 Å². The van der Waals surface area contributed by atoms with Crippen LogP contribution in [0.3, 0.4) is 0 Å². The normalized spacial score (nSPS) is 17.5. The molecular weight excluding hydrogens is 210 g/mol. The number of nitrogens with zero attached hydrogens (tertiary/aromatic N) is 2. The molecule has 0 radical (unpaired) electrons. The van der Waals surface area contributed by atoms with Crippen LogP contribution in [0, 0.1) is 0 Å². The summed E-state index contributed by atoms with van der Waals surface area (Å²) in [7, 11) is 0. The standard InChI is InChI=1S/C11H16ClN3/c1-3-7(2)13-10-6-9(12)14-11(15-10)8-4-5-8/h6-8H,3-5H2,1-2H3,(H,13,14,15)/t7-/m0/s1. The highest BCUT2D eigenvalue weighted by molar-refractivity contribution is 6.29. The molecule has 0 aromatic carbocycles. The summed E-state index contributed by atoms with van der Waals surface area (Å²) in [5.41, 5.74) is 0. The molecule has 4 heteroatoms. The summed E-state index contributed by atoms with van der Waals surface area (Å²) in [4.78, 5) is 8.72. The van der Waals surface area contributed by atoms with Crippen LogP contribution in [0.1, 0.15) is 44.9 Å². The Morgan fingerprint density at radius 3 is 2.87 bits per heavy atom. The molecule has 1 heterocycles. The van der Waals surface area contributed by atoms with E-state index in [-0.39, 0.29) is 0 Å². The lowest BCUT2D eigenvalue weighted by atomic mass is 10.2. The first-order valence-corrected chi connectivity index (χ1v) is 5.88. The molecule has 1 aromatic rings. The Balaban J connectivity index is 2.15. The first kappa shape index (κ1) is 10.7. The molecule has 0 saturated heterocycles. The SMILES string of the molecule is CC[C@H](C)Nc1cc(Cl)nc(C2CC2)n1. The van der Waals surface area contributed by atoms with E-state index in [2.05, 4.69) is 29.1 Å². The maximum absolute atomic E-state index is 5.96. The fourth-order valence-electron chi connectivity index (χ4n) is 1.39. The third-order valence-electron chi connectivity index (χ3n) is 2.66. The largest absolute Gasteiger partial charge is 0.367 e. The van der Waals surface area contributed by atoms with E-state index in [1.807, 2.05) is 0 Å². The fourth-order valence-corrected chi connectivity index (χ4v) is 1.58. The molecule has 15 heavy (non-hydrogen) atoms. The third-order valence-corrected chi connectivity index (χ3v) is 2.85. The van der Waals surface area contributed by atoms with E-state index in [0.717, 1.165) is 18.1 Å². The van der Waals surface area contributed by atoms with Gasteiger partial charge in [0.2, 0.25) is 0 Å². The Morgan fingerprint density at radius 1 is 1.53 bits per heavy atom. The molecule has 0 amide bonds. The fraction of sp³-hybridized carbons (Fsp3) is 0.636. The zero-order chi connectivity index (χ0) is 10.8. The molecule has 1 N–H and O–H groups in total. The van der Waals surface area contributed by atoms with Crippen LogP contribution >= 0.6 is 11.6 Å². The van der Waals surface area contributed by atoms with Gasteiger partial charge < -0.3 is 5.32 Å². The van der Waals surface area contributed by atoms with Crippen molar-refractivity contribution in [3.05, 3.63) is 17.0 Å². The Morgan fingerprint density at radius 2 is 2.27 bits per heavy atom. The summed E-state index contributed by atoms with van der Waals surface area (Å²) in [6.45, 7) is 4.27. The molecule has 1 fully saturated rings. The molecule has 1 atom stereocenters. The first-order chi connectivity index (χ1) is 7.19. The third kappa shape index (κ3) is 2.81. The van der Waals surface area contributed by atoms with Gasteiger partial charge in [-0.1, -0.05) is 18.5 Å². The Kier molecular flexibility index (Phi) is 3.10. The molecule has 1 aromatic heterocycles. The average Bonchev–Trinajstić information content (AvgIpc) is 2.99. The van der Waals surface area contributed by atoms with E-state index in [1.165, 1.54) is 12.8 Å². The summed E-state index contributed by atoms with van der Waals surface area (Å²) < 4.78 is 0. The van der Waals surface area contributed by atoms with Gasteiger partial charge in [-0.15, -0.1) is 0 Å². The number of nitrogens with one attached hydrogen (secondary N) is 1. The molecule has 0 aliphatic heterocycles. The Bertz CT molecular complexity index is 350. The summed E-state index contributed by atoms with van der Waals surface area (Å²) in [5.74, 6) is 2.29. The zero-order valence-corrected chi connectivity index (χ0v) is 9.88. The van der Waals surface area contributed by atoms with Gasteiger partial charge in [0.25, 0.3) is 0 Å². The number of anilines is 1. The molecule has 1 aliphatic carbocycles. The number of halogens is 1. The smallest absolute Gasteiger partial charge is 0.135 e. The number of hydrogen-bond donors (Lipinski definition) is 1. The average molecular weight is 226 g/mol. The van der Waals surface area contributed by atoms with Gasteiger partial charge in [0.15, 0.2) is 0 Å². The predicted molar refractivity (Wildman–Crippen MR) is 62.4 cm³/mol. The van der Waals surface area contributed by atoms with Crippen LogP contribution in [0.2, 0.25) is 5.15 Å². The van der Waals surface area contributed by atoms with Crippen molar-refractivity contribution < 1.29 is 0 Å². The molecule has 2 rings (SSSR count). The van der Waals surface area contributed by atoms with Gasteiger partial charge >= 0.3 is 0 Å². The molecule has 1 aliphatic rings. The van der Waals surface area contributed by atoms with E-state index in [1.54, 1.807) is 6.07 Å². The molecule has 1 saturated carbocycles. The van der Waals surface area contributed by atoms with Gasteiger partial charge in [-0.2, -0.15) is 0 Å². The number of rotatable bonds is 4. The van der Waals surface area contributed by atoms with Crippen LogP contribution in [0.5, 0.6) is 0 Å². The monoisotopic (exact) mass is 225 g/mol. The predicted octanol–water partition coefficient (Wildman–Crippen LogP) is 3.22. The number of aromatic nitrogens is 2. The van der Waals surface area contributed by atoms with Crippen molar-refractivity contribution in [3.8, 4) is 0 Å². The summed E-state index contributed by atoms with van der Waals surface area (Å²) in [6.07, 6.45) is 3.46. The molecule has 82 valence electrons. The molecule has 3 nitrogen and oxygen atoms in total. The van der Waals surface area contributed by atoms with Gasteiger partial charge in [-0.25, -0.2) is 9.97 Å². The summed E-state index contributed by atoms with van der Waals surface area (Å²) in [5, 5.41) is 3.86. The zero-order valence-electron chi connectivity index (χ0n) is 9.13. The molecule has 0 unspecified atom stereocenters. The summed E-state index contributed by atoms with van der Waals surface area (Å²) in [6, 6.07) is 2.21. The van der Waals surface area contributed by atoms with E-state index in [4.69, 9.17) is 11.6 Å². The minimum absolute atomic E-state index is 0.419. The van der Waals surface area contributed by atoms with Gasteiger partial charge in [0.1, 0.15) is 16.8 Å². The highest BCUT2D eigenvalue weighted by Crippen LogP contribution is 2.38. The van der Waals surface area contributed by atoms with Crippen molar-refractivity contribution in [2.45, 2.75) is 45.1 Å². The minimum Gasteiger partial charge on any atom is -0.367 e. The van der Waals surface area contributed by atoms with E-state index in [0.29, 0.717) is 17.1 Å². The number of hydrogen-bond acceptors (Lipinski definition) is 3. The quantitative estimate of drug-likeness (QED) is 0.800. The van der Waals surface area contributed by atoms with Gasteiger partial charge in [0, 0.05) is 18.0 Å². The van der Waals surface area contributed by atoms with Crippen molar-refractivity contribution in [1.82, 2.24) is 9.97 Å². The molecule has 0 bridgehead atoms. The second-order valence-corrected chi connectivity index (χ2v) is 4.55. The van der Waals surface area contributed by atoms with Gasteiger partial charge in [-0.3, -0.25) is 0 Å². The van der Waals surface area contributed by atoms with Crippen LogP contribution in [0.4, 0.5) is 5.82 Å². The molecule has 0 spiro atoms. The lowest BCUT2D eigenvalue weighted by Gasteiger charge is -2.12. The minimum atomic E-state index is 0.419. The van der Waals surface area contributed by atoms with Crippen molar-refractivity contribution in [1.29, 1.82) is 0 Å². The Hall–Kier alpha value is -0.830. The second kappa shape index (κ2) is 4.35. The van der Waals surface area contributed by atoms with Crippen LogP contribution in [-0.4, -0.2) is 16.0 Å². The van der Waals surface area contributed by atoms with E-state index < -0.39 is 0 Å². The first-order valence-electron chi connectivity index (χ1n) is 5.50. The van der Waals surface area contributed by atoms with Crippen LogP contribution < -0.4 is 5.32 Å². The maximum atomic E-state index is 5.96. The summed E-state index contributed by atoms with van der Waals surface area (Å²) >= 11 is 5.96. The lowest BCUT2D eigenvalue weighted by molar-refractivity contribution is 0.755. The van der Waals surface area contributed by atoms with Crippen LogP contribution in [0.25, 0.3) is 0 Å². The van der Waals surface area contributed by atoms with E-state index >= 15 is 0 Å². The Labute approximate surface area is 95.3 Å². The van der Waals surface area contributed by atoms with E-state index in [9.17, 15) is 0 Å². The highest BCUT2D eigenvalue weighted by Gasteiger charge is 2.27. The topological polar surface area (TPSA) is 37.8 Å². The maximum Gasteiger partial charge on any atom is 0.135 e. The van der Waals surface area contributed by atoms with Gasteiger partial charge in [-0.05, 0) is 26.2 Å². The highest BCUT2D eigenvalue weighted by atomic mass is 35.5. The van der Waals surface area contributed by atoms with Crippen molar-refractivity contribution in [3.63, 3.8) is 0 Å². The lowest BCUT2D eigenvalue weighted by Crippen LogP contribution is -2.15. The van der Waals surface area contributed by atoms with Crippen LogP contribution in [-0.2, 0) is 0 Å². The second-order valence-electron chi connectivity index (χ2n) is 4.16. The van der Waals surface area contributed by atoms with Crippen LogP contribution in [0.15, 0.2) is 6.07 Å². The molecular formula is C11H16ClN3. The van der Waals surface area contributed by atoms with Gasteiger partial charge in [0.05, 0.1) is 0 Å².